The Balaban J connectivity index is 2.42. The largest absolute Gasteiger partial charge is 0.352 e. The predicted molar refractivity (Wildman–Crippen MR) is 88.1 cm³/mol. The van der Waals surface area contributed by atoms with Crippen LogP contribution >= 0.6 is 0 Å². The normalized spacial score (nSPS) is 11.7. The zero-order chi connectivity index (χ0) is 15.9. The summed E-state index contributed by atoms with van der Waals surface area (Å²) in [4.78, 5) is 14.0. The number of benzene rings is 1. The van der Waals surface area contributed by atoms with Gasteiger partial charge in [0.15, 0.2) is 0 Å². The van der Waals surface area contributed by atoms with E-state index in [9.17, 15) is 4.79 Å². The van der Waals surface area contributed by atoms with Crippen molar-refractivity contribution in [3.63, 3.8) is 0 Å². The average molecular weight is 291 g/mol. The topological polar surface area (TPSA) is 44.4 Å². The summed E-state index contributed by atoms with van der Waals surface area (Å²) in [5, 5.41) is 6.32. The molecule has 0 saturated heterocycles. The van der Waals surface area contributed by atoms with Crippen molar-refractivity contribution >= 4 is 5.91 Å². The molecule has 2 N–H and O–H groups in total. The van der Waals surface area contributed by atoms with Gasteiger partial charge in [-0.3, -0.25) is 4.79 Å². The summed E-state index contributed by atoms with van der Waals surface area (Å²) in [7, 11) is 4.10. The summed E-state index contributed by atoms with van der Waals surface area (Å²) in [6.45, 7) is 8.48. The van der Waals surface area contributed by atoms with Crippen molar-refractivity contribution in [3.8, 4) is 0 Å². The molecule has 4 nitrogen and oxygen atoms in total. The molecule has 118 valence electrons. The number of nitrogens with zero attached hydrogens (tertiary/aromatic N) is 1. The van der Waals surface area contributed by atoms with Crippen LogP contribution in [0.5, 0.6) is 0 Å². The van der Waals surface area contributed by atoms with Crippen LogP contribution in [-0.4, -0.2) is 37.0 Å². The van der Waals surface area contributed by atoms with E-state index in [2.05, 4.69) is 48.4 Å². The third-order valence-electron chi connectivity index (χ3n) is 3.09. The van der Waals surface area contributed by atoms with E-state index in [-0.39, 0.29) is 11.4 Å². The highest BCUT2D eigenvalue weighted by molar-refractivity contribution is 5.76. The quantitative estimate of drug-likeness (QED) is 0.809. The van der Waals surface area contributed by atoms with Crippen LogP contribution in [0.2, 0.25) is 0 Å². The molecule has 1 rings (SSSR count). The standard InChI is InChI=1S/C17H29N3O/c1-17(2,3)19-11-10-16(21)18-12-14-8-6-7-9-15(14)13-20(4)5/h6-9,19H,10-13H2,1-5H3,(H,18,21). The molecular formula is C17H29N3O. The Kier molecular flexibility index (Phi) is 6.85. The number of carbonyl (C=O) groups excluding carboxylic acids is 1. The van der Waals surface area contributed by atoms with Gasteiger partial charge in [-0.15, -0.1) is 0 Å². The van der Waals surface area contributed by atoms with Gasteiger partial charge >= 0.3 is 0 Å². The monoisotopic (exact) mass is 291 g/mol. The maximum absolute atomic E-state index is 11.9. The van der Waals surface area contributed by atoms with E-state index >= 15 is 0 Å². The molecule has 1 aromatic rings. The molecule has 1 aromatic carbocycles. The molecule has 0 aromatic heterocycles. The van der Waals surface area contributed by atoms with Gasteiger partial charge in [0.2, 0.25) is 5.91 Å². The summed E-state index contributed by atoms with van der Waals surface area (Å²) in [6, 6.07) is 8.24. The lowest BCUT2D eigenvalue weighted by molar-refractivity contribution is -0.121. The molecule has 0 unspecified atom stereocenters. The molecule has 0 fully saturated rings. The molecule has 21 heavy (non-hydrogen) atoms. The fourth-order valence-electron chi connectivity index (χ4n) is 2.06. The van der Waals surface area contributed by atoms with E-state index in [1.807, 2.05) is 26.2 Å². The maximum atomic E-state index is 11.9. The third-order valence-corrected chi connectivity index (χ3v) is 3.09. The summed E-state index contributed by atoms with van der Waals surface area (Å²) in [5.74, 6) is 0.0893. The Morgan fingerprint density at radius 3 is 2.33 bits per heavy atom. The SMILES string of the molecule is CN(C)Cc1ccccc1CNC(=O)CCNC(C)(C)C. The summed E-state index contributed by atoms with van der Waals surface area (Å²) in [6.07, 6.45) is 0.507. The first-order chi connectivity index (χ1) is 9.78. The molecule has 0 aliphatic carbocycles. The summed E-state index contributed by atoms with van der Waals surface area (Å²) in [5.41, 5.74) is 2.50. The van der Waals surface area contributed by atoms with Gasteiger partial charge in [-0.1, -0.05) is 24.3 Å². The minimum absolute atomic E-state index is 0.0542. The number of amides is 1. The van der Waals surface area contributed by atoms with Crippen molar-refractivity contribution in [1.82, 2.24) is 15.5 Å². The number of rotatable bonds is 7. The molecule has 0 saturated carbocycles. The Hall–Kier alpha value is -1.39. The summed E-state index contributed by atoms with van der Waals surface area (Å²) < 4.78 is 0. The van der Waals surface area contributed by atoms with Crippen LogP contribution in [0.3, 0.4) is 0 Å². The van der Waals surface area contributed by atoms with Crippen molar-refractivity contribution in [3.05, 3.63) is 35.4 Å². The molecule has 0 spiro atoms. The van der Waals surface area contributed by atoms with Gasteiger partial charge in [-0.25, -0.2) is 0 Å². The first-order valence-electron chi connectivity index (χ1n) is 7.51. The Labute approximate surface area is 128 Å². The van der Waals surface area contributed by atoms with Crippen molar-refractivity contribution in [2.75, 3.05) is 20.6 Å². The number of carbonyl (C=O) groups is 1. The highest BCUT2D eigenvalue weighted by Crippen LogP contribution is 2.10. The molecule has 4 heteroatoms. The molecule has 0 radical (unpaired) electrons. The van der Waals surface area contributed by atoms with Gasteiger partial charge in [-0.2, -0.15) is 0 Å². The van der Waals surface area contributed by atoms with Crippen molar-refractivity contribution in [2.24, 2.45) is 0 Å². The van der Waals surface area contributed by atoms with E-state index < -0.39 is 0 Å². The van der Waals surface area contributed by atoms with Gasteiger partial charge < -0.3 is 15.5 Å². The fourth-order valence-corrected chi connectivity index (χ4v) is 2.06. The van der Waals surface area contributed by atoms with Crippen molar-refractivity contribution in [2.45, 2.75) is 45.8 Å². The lowest BCUT2D eigenvalue weighted by Gasteiger charge is -2.20. The second kappa shape index (κ2) is 8.15. The smallest absolute Gasteiger partial charge is 0.221 e. The van der Waals surface area contributed by atoms with Gasteiger partial charge in [0.1, 0.15) is 0 Å². The summed E-state index contributed by atoms with van der Waals surface area (Å²) >= 11 is 0. The van der Waals surface area contributed by atoms with Crippen LogP contribution in [0.15, 0.2) is 24.3 Å². The maximum Gasteiger partial charge on any atom is 0.221 e. The zero-order valence-electron chi connectivity index (χ0n) is 14.0. The molecule has 0 atom stereocenters. The Morgan fingerprint density at radius 2 is 1.76 bits per heavy atom. The van der Waals surface area contributed by atoms with Crippen molar-refractivity contribution in [1.29, 1.82) is 0 Å². The molecular weight excluding hydrogens is 262 g/mol. The lowest BCUT2D eigenvalue weighted by atomic mass is 10.1. The second-order valence-corrected chi connectivity index (χ2v) is 6.71. The highest BCUT2D eigenvalue weighted by atomic mass is 16.1. The van der Waals surface area contributed by atoms with Crippen LogP contribution in [0.1, 0.15) is 38.3 Å². The van der Waals surface area contributed by atoms with Crippen LogP contribution in [0.4, 0.5) is 0 Å². The van der Waals surface area contributed by atoms with E-state index in [1.165, 1.54) is 11.1 Å². The molecule has 0 aliphatic heterocycles. The minimum atomic E-state index is 0.0542. The minimum Gasteiger partial charge on any atom is -0.352 e. The number of hydrogen-bond donors (Lipinski definition) is 2. The molecule has 0 heterocycles. The fraction of sp³-hybridized carbons (Fsp3) is 0.588. The van der Waals surface area contributed by atoms with E-state index in [4.69, 9.17) is 0 Å². The van der Waals surface area contributed by atoms with Gasteiger partial charge in [0, 0.05) is 31.6 Å². The zero-order valence-corrected chi connectivity index (χ0v) is 14.0. The Bertz CT molecular complexity index is 450. The first-order valence-corrected chi connectivity index (χ1v) is 7.51. The number of nitrogens with one attached hydrogen (secondary N) is 2. The van der Waals surface area contributed by atoms with Crippen LogP contribution < -0.4 is 10.6 Å². The predicted octanol–water partition coefficient (Wildman–Crippen LogP) is 2.14. The van der Waals surface area contributed by atoms with Crippen molar-refractivity contribution < 1.29 is 4.79 Å². The lowest BCUT2D eigenvalue weighted by Crippen LogP contribution is -2.38. The Morgan fingerprint density at radius 1 is 1.14 bits per heavy atom. The van der Waals surface area contributed by atoms with E-state index in [0.717, 1.165) is 6.54 Å². The van der Waals surface area contributed by atoms with Gasteiger partial charge in [0.05, 0.1) is 0 Å². The van der Waals surface area contributed by atoms with Crippen LogP contribution in [-0.2, 0) is 17.9 Å². The van der Waals surface area contributed by atoms with E-state index in [1.54, 1.807) is 0 Å². The molecule has 0 bridgehead atoms. The van der Waals surface area contributed by atoms with Crippen LogP contribution in [0, 0.1) is 0 Å². The second-order valence-electron chi connectivity index (χ2n) is 6.71. The van der Waals surface area contributed by atoms with Crippen LogP contribution in [0.25, 0.3) is 0 Å². The molecule has 1 amide bonds. The third kappa shape index (κ3) is 7.83. The van der Waals surface area contributed by atoms with Gasteiger partial charge in [0.25, 0.3) is 0 Å². The van der Waals surface area contributed by atoms with Gasteiger partial charge in [-0.05, 0) is 46.0 Å². The van der Waals surface area contributed by atoms with E-state index in [0.29, 0.717) is 19.5 Å². The average Bonchev–Trinajstić information content (AvgIpc) is 2.35. The highest BCUT2D eigenvalue weighted by Gasteiger charge is 2.10. The number of hydrogen-bond acceptors (Lipinski definition) is 3. The molecule has 0 aliphatic rings. The first kappa shape index (κ1) is 17.7.